The molecule has 0 saturated carbocycles. The quantitative estimate of drug-likeness (QED) is 0.766. The summed E-state index contributed by atoms with van der Waals surface area (Å²) in [6.45, 7) is 4.68. The third-order valence-electron chi connectivity index (χ3n) is 3.50. The first-order valence-corrected chi connectivity index (χ1v) is 6.84. The van der Waals surface area contributed by atoms with Crippen molar-refractivity contribution in [3.63, 3.8) is 0 Å². The normalized spacial score (nSPS) is 15.3. The number of carbonyl (C=O) groups excluding carboxylic acids is 1. The zero-order valence-electron chi connectivity index (χ0n) is 12.1. The van der Waals surface area contributed by atoms with E-state index in [0.717, 1.165) is 24.6 Å². The average Bonchev–Trinajstić information content (AvgIpc) is 2.94. The molecular weight excluding hydrogens is 270 g/mol. The Bertz CT molecular complexity index is 628. The van der Waals surface area contributed by atoms with E-state index in [2.05, 4.69) is 25.4 Å². The first-order chi connectivity index (χ1) is 10.1. The van der Waals surface area contributed by atoms with Crippen molar-refractivity contribution >= 4 is 11.7 Å². The summed E-state index contributed by atoms with van der Waals surface area (Å²) in [5.74, 6) is 0.782. The molecule has 0 aliphatic carbocycles. The molecule has 8 nitrogen and oxygen atoms in total. The van der Waals surface area contributed by atoms with Crippen LogP contribution in [0.1, 0.15) is 16.2 Å². The molecule has 3 rings (SSSR count). The molecule has 0 radical (unpaired) electrons. The predicted octanol–water partition coefficient (Wildman–Crippen LogP) is -0.124. The number of carbonyl (C=O) groups is 1. The lowest BCUT2D eigenvalue weighted by molar-refractivity contribution is 0.0740. The van der Waals surface area contributed by atoms with Gasteiger partial charge in [-0.25, -0.2) is 0 Å². The second-order valence-electron chi connectivity index (χ2n) is 5.09. The number of amides is 1. The maximum Gasteiger partial charge on any atom is 0.276 e. The molecule has 3 heterocycles. The Balaban J connectivity index is 1.62. The van der Waals surface area contributed by atoms with Crippen molar-refractivity contribution < 1.29 is 4.79 Å². The monoisotopic (exact) mass is 287 g/mol. The fraction of sp³-hybridized carbons (Fsp3) is 0.462. The predicted molar refractivity (Wildman–Crippen MR) is 75.9 cm³/mol. The number of aryl methyl sites for hydroxylation is 2. The van der Waals surface area contributed by atoms with E-state index in [1.54, 1.807) is 18.1 Å². The van der Waals surface area contributed by atoms with Crippen molar-refractivity contribution in [1.82, 2.24) is 30.1 Å². The number of anilines is 1. The van der Waals surface area contributed by atoms with E-state index in [9.17, 15) is 4.79 Å². The van der Waals surface area contributed by atoms with Gasteiger partial charge >= 0.3 is 0 Å². The SMILES string of the molecule is Cc1ccc(N2CCN(C(=O)c3cn(C)nn3)CC2)nn1. The minimum atomic E-state index is -0.0715. The van der Waals surface area contributed by atoms with Crippen LogP contribution in [0.4, 0.5) is 5.82 Å². The fourth-order valence-corrected chi connectivity index (χ4v) is 2.31. The van der Waals surface area contributed by atoms with E-state index < -0.39 is 0 Å². The Labute approximate surface area is 122 Å². The highest BCUT2D eigenvalue weighted by Crippen LogP contribution is 2.13. The maximum atomic E-state index is 12.3. The first-order valence-electron chi connectivity index (χ1n) is 6.84. The van der Waals surface area contributed by atoms with E-state index in [-0.39, 0.29) is 5.91 Å². The third-order valence-corrected chi connectivity index (χ3v) is 3.50. The second-order valence-corrected chi connectivity index (χ2v) is 5.09. The van der Waals surface area contributed by atoms with Crippen LogP contribution in [0.2, 0.25) is 0 Å². The van der Waals surface area contributed by atoms with E-state index in [1.807, 2.05) is 19.1 Å². The summed E-state index contributed by atoms with van der Waals surface area (Å²) in [4.78, 5) is 16.2. The van der Waals surface area contributed by atoms with Crippen LogP contribution in [0.5, 0.6) is 0 Å². The largest absolute Gasteiger partial charge is 0.352 e. The molecule has 0 atom stereocenters. The molecule has 8 heteroatoms. The highest BCUT2D eigenvalue weighted by molar-refractivity contribution is 5.92. The average molecular weight is 287 g/mol. The fourth-order valence-electron chi connectivity index (χ4n) is 2.31. The van der Waals surface area contributed by atoms with E-state index >= 15 is 0 Å². The smallest absolute Gasteiger partial charge is 0.276 e. The van der Waals surface area contributed by atoms with Crippen molar-refractivity contribution in [3.05, 3.63) is 29.7 Å². The Morgan fingerprint density at radius 1 is 1.10 bits per heavy atom. The van der Waals surface area contributed by atoms with Gasteiger partial charge in [0.1, 0.15) is 0 Å². The third kappa shape index (κ3) is 2.83. The molecular formula is C13H17N7O. The lowest BCUT2D eigenvalue weighted by atomic mass is 10.2. The molecule has 0 N–H and O–H groups in total. The van der Waals surface area contributed by atoms with Crippen molar-refractivity contribution in [3.8, 4) is 0 Å². The van der Waals surface area contributed by atoms with Gasteiger partial charge in [-0.1, -0.05) is 5.21 Å². The van der Waals surface area contributed by atoms with Crippen molar-refractivity contribution in [2.45, 2.75) is 6.92 Å². The van der Waals surface area contributed by atoms with E-state index in [1.165, 1.54) is 4.68 Å². The topological polar surface area (TPSA) is 80.0 Å². The van der Waals surface area contributed by atoms with Crippen LogP contribution in [0.3, 0.4) is 0 Å². The summed E-state index contributed by atoms with van der Waals surface area (Å²) < 4.78 is 1.53. The molecule has 2 aromatic heterocycles. The van der Waals surface area contributed by atoms with Gasteiger partial charge in [0.2, 0.25) is 0 Å². The summed E-state index contributed by atoms with van der Waals surface area (Å²) in [5, 5.41) is 15.9. The highest BCUT2D eigenvalue weighted by atomic mass is 16.2. The molecule has 1 amide bonds. The van der Waals surface area contributed by atoms with Gasteiger partial charge in [0.25, 0.3) is 5.91 Å². The van der Waals surface area contributed by atoms with Gasteiger partial charge in [-0.2, -0.15) is 5.10 Å². The molecule has 1 fully saturated rings. The van der Waals surface area contributed by atoms with Gasteiger partial charge in [-0.15, -0.1) is 10.2 Å². The van der Waals surface area contributed by atoms with Crippen molar-refractivity contribution in [2.24, 2.45) is 7.05 Å². The molecule has 0 spiro atoms. The van der Waals surface area contributed by atoms with Gasteiger partial charge in [0.15, 0.2) is 11.5 Å². The molecule has 0 bridgehead atoms. The molecule has 2 aromatic rings. The molecule has 1 saturated heterocycles. The number of nitrogens with zero attached hydrogens (tertiary/aromatic N) is 7. The number of rotatable bonds is 2. The Morgan fingerprint density at radius 2 is 1.86 bits per heavy atom. The number of aromatic nitrogens is 5. The van der Waals surface area contributed by atoms with Crippen LogP contribution in [0.15, 0.2) is 18.3 Å². The Hall–Kier alpha value is -2.51. The van der Waals surface area contributed by atoms with Gasteiger partial charge in [0.05, 0.1) is 11.9 Å². The zero-order chi connectivity index (χ0) is 14.8. The van der Waals surface area contributed by atoms with Crippen molar-refractivity contribution in [1.29, 1.82) is 0 Å². The summed E-state index contributed by atoms with van der Waals surface area (Å²) in [5.41, 5.74) is 1.29. The van der Waals surface area contributed by atoms with Gasteiger partial charge < -0.3 is 9.80 Å². The first kappa shape index (κ1) is 13.5. The molecule has 1 aliphatic rings. The van der Waals surface area contributed by atoms with Gasteiger partial charge in [-0.3, -0.25) is 9.48 Å². The number of piperazine rings is 1. The summed E-state index contributed by atoms with van der Waals surface area (Å²) in [6.07, 6.45) is 1.64. The molecule has 110 valence electrons. The minimum absolute atomic E-state index is 0.0715. The molecule has 0 unspecified atom stereocenters. The van der Waals surface area contributed by atoms with Crippen molar-refractivity contribution in [2.75, 3.05) is 31.1 Å². The van der Waals surface area contributed by atoms with Gasteiger partial charge in [-0.05, 0) is 19.1 Å². The van der Waals surface area contributed by atoms with Crippen LogP contribution in [0, 0.1) is 6.92 Å². The maximum absolute atomic E-state index is 12.3. The van der Waals surface area contributed by atoms with E-state index in [0.29, 0.717) is 18.8 Å². The summed E-state index contributed by atoms with van der Waals surface area (Å²) in [6, 6.07) is 3.90. The number of hydrogen-bond donors (Lipinski definition) is 0. The Kier molecular flexibility index (Phi) is 3.51. The molecule has 1 aliphatic heterocycles. The Morgan fingerprint density at radius 3 is 2.43 bits per heavy atom. The highest BCUT2D eigenvalue weighted by Gasteiger charge is 2.24. The summed E-state index contributed by atoms with van der Waals surface area (Å²) >= 11 is 0. The zero-order valence-corrected chi connectivity index (χ0v) is 12.1. The second kappa shape index (κ2) is 5.47. The number of hydrogen-bond acceptors (Lipinski definition) is 6. The summed E-state index contributed by atoms with van der Waals surface area (Å²) in [7, 11) is 1.75. The standard InChI is InChI=1S/C13H17N7O/c1-10-3-4-12(16-14-10)19-5-7-20(8-6-19)13(21)11-9-18(2)17-15-11/h3-4,9H,5-8H2,1-2H3. The van der Waals surface area contributed by atoms with Crippen LogP contribution in [-0.4, -0.2) is 62.2 Å². The van der Waals surface area contributed by atoms with Crippen LogP contribution < -0.4 is 4.90 Å². The molecule has 0 aromatic carbocycles. The minimum Gasteiger partial charge on any atom is -0.352 e. The van der Waals surface area contributed by atoms with Crippen LogP contribution in [-0.2, 0) is 7.05 Å². The van der Waals surface area contributed by atoms with E-state index in [4.69, 9.17) is 0 Å². The van der Waals surface area contributed by atoms with Crippen LogP contribution in [0.25, 0.3) is 0 Å². The van der Waals surface area contributed by atoms with Gasteiger partial charge in [0, 0.05) is 33.2 Å². The lowest BCUT2D eigenvalue weighted by Gasteiger charge is -2.34. The molecule has 21 heavy (non-hydrogen) atoms. The lowest BCUT2D eigenvalue weighted by Crippen LogP contribution is -2.49. The van der Waals surface area contributed by atoms with Crippen LogP contribution >= 0.6 is 0 Å².